The van der Waals surface area contributed by atoms with E-state index < -0.39 is 25.1 Å². The molecule has 0 bridgehead atoms. The molecule has 0 spiro atoms. The van der Waals surface area contributed by atoms with Gasteiger partial charge in [0.15, 0.2) is 9.84 Å². The second-order valence-electron chi connectivity index (χ2n) is 7.21. The van der Waals surface area contributed by atoms with Crippen molar-refractivity contribution in [2.75, 3.05) is 25.4 Å². The Morgan fingerprint density at radius 1 is 1.15 bits per heavy atom. The van der Waals surface area contributed by atoms with Crippen LogP contribution in [0.25, 0.3) is 0 Å². The molecule has 1 fully saturated rings. The minimum absolute atomic E-state index is 0.0720. The first-order valence-corrected chi connectivity index (χ1v) is 12.2. The number of sulfonamides is 1. The van der Waals surface area contributed by atoms with Crippen LogP contribution in [-0.4, -0.2) is 51.8 Å². The standard InChI is InChI=1S/C18H29NO5S2/c1-5-24-17-7-6-15(4)12-18(17)26(22,23)19-10-8-16(9-11-19)25(20,21)13-14(2)3/h6-7,12,14,16H,5,8-11,13H2,1-4H3. The summed E-state index contributed by atoms with van der Waals surface area (Å²) in [5, 5.41) is -0.458. The number of piperidine rings is 1. The Labute approximate surface area is 157 Å². The summed E-state index contributed by atoms with van der Waals surface area (Å²) in [6.45, 7) is 8.20. The zero-order valence-electron chi connectivity index (χ0n) is 15.9. The van der Waals surface area contributed by atoms with Gasteiger partial charge in [-0.2, -0.15) is 4.31 Å². The Morgan fingerprint density at radius 2 is 1.77 bits per heavy atom. The summed E-state index contributed by atoms with van der Waals surface area (Å²) < 4.78 is 57.8. The van der Waals surface area contributed by atoms with Gasteiger partial charge in [0.25, 0.3) is 0 Å². The van der Waals surface area contributed by atoms with Crippen molar-refractivity contribution in [2.45, 2.75) is 50.7 Å². The van der Waals surface area contributed by atoms with Gasteiger partial charge in [-0.1, -0.05) is 19.9 Å². The van der Waals surface area contributed by atoms with Gasteiger partial charge in [0, 0.05) is 13.1 Å². The Kier molecular flexibility index (Phi) is 6.74. The van der Waals surface area contributed by atoms with Crippen LogP contribution in [0.4, 0.5) is 0 Å². The van der Waals surface area contributed by atoms with E-state index in [0.29, 0.717) is 25.2 Å². The molecular weight excluding hydrogens is 374 g/mol. The highest BCUT2D eigenvalue weighted by atomic mass is 32.2. The molecule has 0 radical (unpaired) electrons. The molecule has 0 aliphatic carbocycles. The number of ether oxygens (including phenoxy) is 1. The third-order valence-corrected chi connectivity index (χ3v) is 9.03. The quantitative estimate of drug-likeness (QED) is 0.699. The van der Waals surface area contributed by atoms with Crippen molar-refractivity contribution in [1.29, 1.82) is 0 Å². The number of sulfone groups is 1. The maximum Gasteiger partial charge on any atom is 0.246 e. The van der Waals surface area contributed by atoms with Crippen LogP contribution in [0.5, 0.6) is 5.75 Å². The van der Waals surface area contributed by atoms with E-state index in [0.717, 1.165) is 5.56 Å². The van der Waals surface area contributed by atoms with Crippen molar-refractivity contribution < 1.29 is 21.6 Å². The van der Waals surface area contributed by atoms with Crippen molar-refractivity contribution in [3.63, 3.8) is 0 Å². The van der Waals surface area contributed by atoms with Crippen molar-refractivity contribution >= 4 is 19.9 Å². The van der Waals surface area contributed by atoms with Crippen molar-refractivity contribution in [3.8, 4) is 5.75 Å². The summed E-state index contributed by atoms with van der Waals surface area (Å²) in [6.07, 6.45) is 0.675. The van der Waals surface area contributed by atoms with Gasteiger partial charge in [0.05, 0.1) is 17.6 Å². The fourth-order valence-electron chi connectivity index (χ4n) is 3.26. The summed E-state index contributed by atoms with van der Waals surface area (Å²) in [5.41, 5.74) is 0.835. The Bertz CT molecular complexity index is 823. The second-order valence-corrected chi connectivity index (χ2v) is 11.4. The monoisotopic (exact) mass is 403 g/mol. The normalized spacial score (nSPS) is 17.6. The van der Waals surface area contributed by atoms with Gasteiger partial charge in [-0.25, -0.2) is 16.8 Å². The maximum atomic E-state index is 13.1. The summed E-state index contributed by atoms with van der Waals surface area (Å²) in [4.78, 5) is 0.155. The topological polar surface area (TPSA) is 80.8 Å². The van der Waals surface area contributed by atoms with Crippen molar-refractivity contribution in [3.05, 3.63) is 23.8 Å². The van der Waals surface area contributed by atoms with Gasteiger partial charge >= 0.3 is 0 Å². The molecule has 1 aliphatic heterocycles. The molecule has 0 amide bonds. The van der Waals surface area contributed by atoms with Gasteiger partial charge in [-0.05, 0) is 50.3 Å². The molecule has 2 rings (SSSR count). The first-order chi connectivity index (χ1) is 12.1. The predicted octanol–water partition coefficient (Wildman–Crippen LogP) is 2.62. The maximum absolute atomic E-state index is 13.1. The van der Waals surface area contributed by atoms with E-state index in [9.17, 15) is 16.8 Å². The van der Waals surface area contributed by atoms with Gasteiger partial charge < -0.3 is 4.74 Å². The van der Waals surface area contributed by atoms with E-state index >= 15 is 0 Å². The highest BCUT2D eigenvalue weighted by molar-refractivity contribution is 7.92. The lowest BCUT2D eigenvalue weighted by molar-refractivity contribution is 0.322. The molecule has 8 heteroatoms. The molecule has 0 N–H and O–H groups in total. The number of benzene rings is 1. The Hall–Kier alpha value is -1.12. The van der Waals surface area contributed by atoms with E-state index in [2.05, 4.69) is 0 Å². The molecule has 1 aromatic carbocycles. The lowest BCUT2D eigenvalue weighted by Crippen LogP contribution is -2.43. The average Bonchev–Trinajstić information content (AvgIpc) is 2.55. The van der Waals surface area contributed by atoms with Crippen LogP contribution in [0.15, 0.2) is 23.1 Å². The van der Waals surface area contributed by atoms with Crippen LogP contribution in [0.2, 0.25) is 0 Å². The van der Waals surface area contributed by atoms with E-state index in [1.165, 1.54) is 4.31 Å². The molecule has 1 heterocycles. The summed E-state index contributed by atoms with van der Waals surface area (Å²) in [7, 11) is -6.90. The first kappa shape index (κ1) is 21.2. The van der Waals surface area contributed by atoms with Crippen LogP contribution in [0.3, 0.4) is 0 Å². The number of aryl methyl sites for hydroxylation is 1. The molecule has 1 saturated heterocycles. The average molecular weight is 404 g/mol. The number of rotatable bonds is 7. The highest BCUT2D eigenvalue weighted by Crippen LogP contribution is 2.31. The number of hydrogen-bond donors (Lipinski definition) is 0. The molecular formula is C18H29NO5S2. The smallest absolute Gasteiger partial charge is 0.246 e. The second kappa shape index (κ2) is 8.27. The third-order valence-electron chi connectivity index (χ3n) is 4.49. The lowest BCUT2D eigenvalue weighted by Gasteiger charge is -2.31. The Morgan fingerprint density at radius 3 is 2.31 bits per heavy atom. The molecule has 0 atom stereocenters. The van der Waals surface area contributed by atoms with Crippen LogP contribution in [0, 0.1) is 12.8 Å². The third kappa shape index (κ3) is 4.78. The summed E-state index contributed by atoms with van der Waals surface area (Å²) in [5.74, 6) is 0.562. The van der Waals surface area contributed by atoms with Crippen LogP contribution in [-0.2, 0) is 19.9 Å². The Balaban J connectivity index is 2.20. The molecule has 0 unspecified atom stereocenters. The zero-order valence-corrected chi connectivity index (χ0v) is 17.6. The molecule has 1 aliphatic rings. The molecule has 6 nitrogen and oxygen atoms in total. The molecule has 148 valence electrons. The van der Waals surface area contributed by atoms with E-state index in [-0.39, 0.29) is 29.7 Å². The number of hydrogen-bond acceptors (Lipinski definition) is 5. The molecule has 0 saturated carbocycles. The molecule has 1 aromatic rings. The van der Waals surface area contributed by atoms with Gasteiger partial charge in [-0.15, -0.1) is 0 Å². The molecule has 0 aromatic heterocycles. The minimum atomic E-state index is -3.72. The zero-order chi connectivity index (χ0) is 19.5. The fourth-order valence-corrected chi connectivity index (χ4v) is 7.08. The van der Waals surface area contributed by atoms with Gasteiger partial charge in [0.1, 0.15) is 10.6 Å². The first-order valence-electron chi connectivity index (χ1n) is 9.03. The predicted molar refractivity (Wildman–Crippen MR) is 103 cm³/mol. The van der Waals surface area contributed by atoms with E-state index in [4.69, 9.17) is 4.74 Å². The summed E-state index contributed by atoms with van der Waals surface area (Å²) in [6, 6.07) is 5.10. The summed E-state index contributed by atoms with van der Waals surface area (Å²) >= 11 is 0. The van der Waals surface area contributed by atoms with Gasteiger partial charge in [-0.3, -0.25) is 0 Å². The van der Waals surface area contributed by atoms with Crippen molar-refractivity contribution in [1.82, 2.24) is 4.31 Å². The minimum Gasteiger partial charge on any atom is -0.492 e. The fraction of sp³-hybridized carbons (Fsp3) is 0.667. The SMILES string of the molecule is CCOc1ccc(C)cc1S(=O)(=O)N1CCC(S(=O)(=O)CC(C)C)CC1. The molecule has 26 heavy (non-hydrogen) atoms. The lowest BCUT2D eigenvalue weighted by atomic mass is 10.2. The van der Waals surface area contributed by atoms with Crippen LogP contribution < -0.4 is 4.74 Å². The van der Waals surface area contributed by atoms with E-state index in [1.54, 1.807) is 19.1 Å². The number of nitrogens with zero attached hydrogens (tertiary/aromatic N) is 1. The largest absolute Gasteiger partial charge is 0.492 e. The highest BCUT2D eigenvalue weighted by Gasteiger charge is 2.36. The van der Waals surface area contributed by atoms with Crippen LogP contribution in [0.1, 0.15) is 39.2 Å². The van der Waals surface area contributed by atoms with Crippen molar-refractivity contribution in [2.24, 2.45) is 5.92 Å². The van der Waals surface area contributed by atoms with Gasteiger partial charge in [0.2, 0.25) is 10.0 Å². The van der Waals surface area contributed by atoms with E-state index in [1.807, 2.05) is 26.8 Å². The van der Waals surface area contributed by atoms with Crippen LogP contribution >= 0.6 is 0 Å².